The number of nitrogens with two attached hydrogens (primary N) is 1. The third-order valence-electron chi connectivity index (χ3n) is 2.16. The van der Waals surface area contributed by atoms with Crippen LogP contribution in [-0.2, 0) is 0 Å². The molecule has 1 aliphatic rings. The van der Waals surface area contributed by atoms with E-state index in [0.29, 0.717) is 18.6 Å². The number of phenolic OH excluding ortho intramolecular Hbond substituents is 1. The summed E-state index contributed by atoms with van der Waals surface area (Å²) in [6.07, 6.45) is 4.17. The highest BCUT2D eigenvalue weighted by atomic mass is 19.1. The summed E-state index contributed by atoms with van der Waals surface area (Å²) in [5.41, 5.74) is 7.29. The highest BCUT2D eigenvalue weighted by Gasteiger charge is 2.00. The third kappa shape index (κ3) is 4.64. The second-order valence-corrected chi connectivity index (χ2v) is 3.69. The number of aryl methyl sites for hydroxylation is 1. The molecule has 1 aliphatic carbocycles. The summed E-state index contributed by atoms with van der Waals surface area (Å²) in [5, 5.41) is 8.76. The van der Waals surface area contributed by atoms with Crippen molar-refractivity contribution in [3.63, 3.8) is 0 Å². The molecule has 0 saturated carbocycles. The van der Waals surface area contributed by atoms with Gasteiger partial charge in [0.1, 0.15) is 11.6 Å². The van der Waals surface area contributed by atoms with Crippen LogP contribution in [0.5, 0.6) is 5.75 Å². The molecule has 0 saturated heterocycles. The summed E-state index contributed by atoms with van der Waals surface area (Å²) in [7, 11) is 0. The highest BCUT2D eigenvalue weighted by molar-refractivity contribution is 5.24. The minimum atomic E-state index is -0.0702. The Kier molecular flexibility index (Phi) is 4.58. The van der Waals surface area contributed by atoms with Crippen LogP contribution in [0, 0.1) is 6.92 Å². The zero-order valence-corrected chi connectivity index (χ0v) is 9.28. The van der Waals surface area contributed by atoms with Crippen LogP contribution < -0.4 is 5.73 Å². The van der Waals surface area contributed by atoms with Gasteiger partial charge in [0.25, 0.3) is 0 Å². The Hall–Kier alpha value is -1.77. The van der Waals surface area contributed by atoms with E-state index in [9.17, 15) is 4.39 Å². The fourth-order valence-electron chi connectivity index (χ4n) is 1.17. The third-order valence-corrected chi connectivity index (χ3v) is 2.16. The number of halogens is 1. The van der Waals surface area contributed by atoms with Crippen LogP contribution in [0.4, 0.5) is 4.39 Å². The summed E-state index contributed by atoms with van der Waals surface area (Å²) in [6, 6.07) is 7.09. The van der Waals surface area contributed by atoms with Crippen molar-refractivity contribution in [1.29, 1.82) is 0 Å². The molecule has 2 nitrogen and oxygen atoms in total. The van der Waals surface area contributed by atoms with Gasteiger partial charge in [-0.2, -0.15) is 0 Å². The molecule has 0 unspecified atom stereocenters. The van der Waals surface area contributed by atoms with Gasteiger partial charge in [-0.15, -0.1) is 0 Å². The summed E-state index contributed by atoms with van der Waals surface area (Å²) in [4.78, 5) is 0. The van der Waals surface area contributed by atoms with E-state index in [-0.39, 0.29) is 5.83 Å². The van der Waals surface area contributed by atoms with E-state index in [4.69, 9.17) is 10.8 Å². The molecule has 0 heterocycles. The van der Waals surface area contributed by atoms with Crippen molar-refractivity contribution in [2.24, 2.45) is 5.73 Å². The average Bonchev–Trinajstić information content (AvgIpc) is 2.28. The number of rotatable bonds is 0. The van der Waals surface area contributed by atoms with Gasteiger partial charge in [-0.25, -0.2) is 4.39 Å². The summed E-state index contributed by atoms with van der Waals surface area (Å²) in [5.74, 6) is 0.259. The van der Waals surface area contributed by atoms with Crippen LogP contribution >= 0.6 is 0 Å². The molecule has 0 atom stereocenters. The van der Waals surface area contributed by atoms with Crippen LogP contribution in [0.1, 0.15) is 18.4 Å². The molecule has 0 aliphatic heterocycles. The number of hydrogen-bond acceptors (Lipinski definition) is 2. The topological polar surface area (TPSA) is 46.2 Å². The number of benzene rings is 1. The van der Waals surface area contributed by atoms with Crippen LogP contribution in [0.15, 0.2) is 47.9 Å². The van der Waals surface area contributed by atoms with Gasteiger partial charge in [0.2, 0.25) is 0 Å². The first-order valence-electron chi connectivity index (χ1n) is 5.14. The summed E-state index contributed by atoms with van der Waals surface area (Å²) in [6.45, 7) is 1.99. The number of hydrogen-bond donors (Lipinski definition) is 2. The molecule has 1 aromatic rings. The van der Waals surface area contributed by atoms with Crippen molar-refractivity contribution in [1.82, 2.24) is 0 Å². The van der Waals surface area contributed by atoms with E-state index in [2.05, 4.69) is 0 Å². The Labute approximate surface area is 94.9 Å². The molecular weight excluding hydrogens is 205 g/mol. The Bertz CT molecular complexity index is 354. The molecule has 3 heteroatoms. The minimum absolute atomic E-state index is 0.0702. The Morgan fingerprint density at radius 1 is 1.12 bits per heavy atom. The molecule has 1 aromatic carbocycles. The van der Waals surface area contributed by atoms with Gasteiger partial charge in [0, 0.05) is 12.1 Å². The highest BCUT2D eigenvalue weighted by Crippen LogP contribution is 2.14. The smallest absolute Gasteiger partial charge is 0.115 e. The van der Waals surface area contributed by atoms with Crippen molar-refractivity contribution in [2.75, 3.05) is 0 Å². The number of allylic oxidation sites excluding steroid dienone is 4. The molecule has 0 bridgehead atoms. The van der Waals surface area contributed by atoms with Gasteiger partial charge < -0.3 is 10.8 Å². The molecule has 3 N–H and O–H groups in total. The summed E-state index contributed by atoms with van der Waals surface area (Å²) < 4.78 is 12.1. The zero-order valence-electron chi connectivity index (χ0n) is 9.28. The Morgan fingerprint density at radius 3 is 2.12 bits per heavy atom. The predicted octanol–water partition coefficient (Wildman–Crippen LogP) is 3.18. The molecule has 16 heavy (non-hydrogen) atoms. The van der Waals surface area contributed by atoms with Crippen molar-refractivity contribution in [3.8, 4) is 5.75 Å². The van der Waals surface area contributed by atoms with Gasteiger partial charge in [-0.3, -0.25) is 0 Å². The fraction of sp³-hybridized carbons (Fsp3) is 0.231. The lowest BCUT2D eigenvalue weighted by molar-refractivity contribution is 0.475. The molecule has 86 valence electrons. The molecule has 0 fully saturated rings. The first kappa shape index (κ1) is 12.3. The number of aromatic hydroxyl groups is 1. The van der Waals surface area contributed by atoms with Crippen LogP contribution in [0.25, 0.3) is 0 Å². The monoisotopic (exact) mass is 221 g/mol. The normalized spacial score (nSPS) is 14.4. The maximum absolute atomic E-state index is 12.1. The molecule has 0 spiro atoms. The molecule has 0 radical (unpaired) electrons. The first-order valence-corrected chi connectivity index (χ1v) is 5.14. The largest absolute Gasteiger partial charge is 0.508 e. The fourth-order valence-corrected chi connectivity index (χ4v) is 1.17. The van der Waals surface area contributed by atoms with E-state index in [1.165, 1.54) is 11.6 Å². The second-order valence-electron chi connectivity index (χ2n) is 3.69. The SMILES string of the molecule is Cc1ccc(O)cc1.NC1=CC=C(F)CC1. The van der Waals surface area contributed by atoms with Gasteiger partial charge in [-0.1, -0.05) is 17.7 Å². The van der Waals surface area contributed by atoms with Crippen molar-refractivity contribution < 1.29 is 9.50 Å². The van der Waals surface area contributed by atoms with Gasteiger partial charge >= 0.3 is 0 Å². The van der Waals surface area contributed by atoms with Crippen LogP contribution in [0.2, 0.25) is 0 Å². The molecule has 0 aromatic heterocycles. The maximum Gasteiger partial charge on any atom is 0.115 e. The van der Waals surface area contributed by atoms with Gasteiger partial charge in [-0.05, 0) is 37.6 Å². The zero-order chi connectivity index (χ0) is 12.0. The van der Waals surface area contributed by atoms with E-state index in [0.717, 1.165) is 5.70 Å². The lowest BCUT2D eigenvalue weighted by atomic mass is 10.1. The maximum atomic E-state index is 12.1. The van der Waals surface area contributed by atoms with Gasteiger partial charge in [0.15, 0.2) is 0 Å². The van der Waals surface area contributed by atoms with Gasteiger partial charge in [0.05, 0.1) is 0 Å². The Morgan fingerprint density at radius 2 is 1.75 bits per heavy atom. The average molecular weight is 221 g/mol. The minimum Gasteiger partial charge on any atom is -0.508 e. The van der Waals surface area contributed by atoms with Crippen LogP contribution in [0.3, 0.4) is 0 Å². The van der Waals surface area contributed by atoms with Crippen molar-refractivity contribution in [3.05, 3.63) is 53.5 Å². The standard InChI is InChI=1S/C7H8O.C6H8FN/c1-6-2-4-7(8)5-3-6;7-5-1-3-6(8)4-2-5/h2-5,8H,1H3;1,3H,2,4,8H2. The van der Waals surface area contributed by atoms with Crippen LogP contribution in [-0.4, -0.2) is 5.11 Å². The molecule has 0 amide bonds. The van der Waals surface area contributed by atoms with E-state index in [1.807, 2.05) is 19.1 Å². The lowest BCUT2D eigenvalue weighted by Crippen LogP contribution is -1.99. The number of phenols is 1. The molecule has 2 rings (SSSR count). The summed E-state index contributed by atoms with van der Waals surface area (Å²) >= 11 is 0. The quantitative estimate of drug-likeness (QED) is 0.706. The lowest BCUT2D eigenvalue weighted by Gasteiger charge is -2.02. The Balaban J connectivity index is 0.000000160. The second kappa shape index (κ2) is 5.95. The molecular formula is C13H16FNO. The van der Waals surface area contributed by atoms with E-state index >= 15 is 0 Å². The first-order chi connectivity index (χ1) is 7.58. The van der Waals surface area contributed by atoms with E-state index < -0.39 is 0 Å². The van der Waals surface area contributed by atoms with E-state index in [1.54, 1.807) is 18.2 Å². The predicted molar refractivity (Wildman–Crippen MR) is 63.5 cm³/mol. The van der Waals surface area contributed by atoms with Crippen molar-refractivity contribution >= 4 is 0 Å². The van der Waals surface area contributed by atoms with Crippen molar-refractivity contribution in [2.45, 2.75) is 19.8 Å².